The lowest BCUT2D eigenvalue weighted by Crippen LogP contribution is -2.24. The predicted molar refractivity (Wildman–Crippen MR) is 82.1 cm³/mol. The molecule has 0 bridgehead atoms. The molecule has 0 radical (unpaired) electrons. The van der Waals surface area contributed by atoms with Crippen LogP contribution in [0.3, 0.4) is 0 Å². The summed E-state index contributed by atoms with van der Waals surface area (Å²) in [5.74, 6) is 0. The second-order valence-corrected chi connectivity index (χ2v) is 7.10. The van der Waals surface area contributed by atoms with Gasteiger partial charge in [-0.2, -0.15) is 0 Å². The number of nitrogens with two attached hydrogens (primary N) is 1. The highest BCUT2D eigenvalue weighted by Gasteiger charge is 2.17. The molecule has 0 aliphatic rings. The number of hydrogen-bond acceptors (Lipinski definition) is 4. The molecule has 2 rings (SSSR count). The molecule has 1 aromatic heterocycles. The summed E-state index contributed by atoms with van der Waals surface area (Å²) in [6, 6.07) is 8.84. The van der Waals surface area contributed by atoms with Crippen LogP contribution in [0.15, 0.2) is 40.6 Å². The number of rotatable bonds is 6. The van der Waals surface area contributed by atoms with E-state index < -0.39 is 10.0 Å². The van der Waals surface area contributed by atoms with Crippen molar-refractivity contribution in [3.8, 4) is 0 Å². The normalized spacial score (nSPS) is 11.7. The fourth-order valence-electron chi connectivity index (χ4n) is 2.01. The van der Waals surface area contributed by atoms with Gasteiger partial charge in [-0.15, -0.1) is 11.3 Å². The van der Waals surface area contributed by atoms with E-state index in [9.17, 15) is 8.42 Å². The van der Waals surface area contributed by atoms with Crippen molar-refractivity contribution in [1.82, 2.24) is 4.72 Å². The highest BCUT2D eigenvalue weighted by molar-refractivity contribution is 7.89. The minimum atomic E-state index is -3.53. The van der Waals surface area contributed by atoms with Gasteiger partial charge in [-0.05, 0) is 35.1 Å². The zero-order chi connectivity index (χ0) is 14.6. The Morgan fingerprint density at radius 3 is 2.65 bits per heavy atom. The van der Waals surface area contributed by atoms with E-state index in [2.05, 4.69) is 11.6 Å². The molecule has 0 unspecified atom stereocenters. The third-order valence-corrected chi connectivity index (χ3v) is 5.59. The van der Waals surface area contributed by atoms with E-state index in [0.717, 1.165) is 11.3 Å². The Bertz CT molecular complexity index is 678. The molecule has 2 aromatic rings. The van der Waals surface area contributed by atoms with Crippen LogP contribution in [-0.2, 0) is 29.5 Å². The van der Waals surface area contributed by atoms with Crippen LogP contribution in [0.4, 0.5) is 0 Å². The maximum atomic E-state index is 12.3. The van der Waals surface area contributed by atoms with E-state index in [1.165, 1.54) is 5.56 Å². The van der Waals surface area contributed by atoms with E-state index in [-0.39, 0.29) is 11.4 Å². The van der Waals surface area contributed by atoms with Gasteiger partial charge in [-0.1, -0.05) is 25.1 Å². The number of thiophene rings is 1. The molecule has 20 heavy (non-hydrogen) atoms. The number of sulfonamides is 1. The Hall–Kier alpha value is -1.21. The Kier molecular flexibility index (Phi) is 4.93. The average Bonchev–Trinajstić information content (AvgIpc) is 2.92. The Labute approximate surface area is 123 Å². The summed E-state index contributed by atoms with van der Waals surface area (Å²) in [4.78, 5) is 1.32. The number of aryl methyl sites for hydroxylation is 1. The maximum absolute atomic E-state index is 12.3. The van der Waals surface area contributed by atoms with Crippen LogP contribution in [0.2, 0.25) is 0 Å². The molecule has 0 aliphatic carbocycles. The quantitative estimate of drug-likeness (QED) is 0.859. The summed E-state index contributed by atoms with van der Waals surface area (Å²) in [5, 5.41) is 1.98. The standard InChI is InChI=1S/C14H18N2O2S2/c1-2-11-7-8-19-13(11)10-16-20(17,18)14-6-4-3-5-12(14)9-15/h3-8,16H,2,9-10,15H2,1H3. The molecule has 0 aliphatic heterocycles. The number of benzene rings is 1. The lowest BCUT2D eigenvalue weighted by molar-refractivity contribution is 0.580. The molecular formula is C14H18N2O2S2. The van der Waals surface area contributed by atoms with Gasteiger partial charge in [0.25, 0.3) is 0 Å². The van der Waals surface area contributed by atoms with Crippen LogP contribution in [0.1, 0.15) is 22.9 Å². The van der Waals surface area contributed by atoms with Gasteiger partial charge in [-0.25, -0.2) is 13.1 Å². The van der Waals surface area contributed by atoms with Gasteiger partial charge in [0.15, 0.2) is 0 Å². The summed E-state index contributed by atoms with van der Waals surface area (Å²) < 4.78 is 27.3. The third-order valence-electron chi connectivity index (χ3n) is 3.12. The zero-order valence-corrected chi connectivity index (χ0v) is 12.9. The van der Waals surface area contributed by atoms with Crippen molar-refractivity contribution in [2.45, 2.75) is 31.3 Å². The summed E-state index contributed by atoms with van der Waals surface area (Å²) in [5.41, 5.74) is 7.41. The highest BCUT2D eigenvalue weighted by Crippen LogP contribution is 2.19. The van der Waals surface area contributed by atoms with E-state index in [1.54, 1.807) is 35.6 Å². The molecule has 0 saturated heterocycles. The van der Waals surface area contributed by atoms with Gasteiger partial charge in [0.1, 0.15) is 0 Å². The number of nitrogens with one attached hydrogen (secondary N) is 1. The fraction of sp³-hybridized carbons (Fsp3) is 0.286. The van der Waals surface area contributed by atoms with Gasteiger partial charge in [-0.3, -0.25) is 0 Å². The van der Waals surface area contributed by atoms with Crippen molar-refractivity contribution in [1.29, 1.82) is 0 Å². The summed E-state index contributed by atoms with van der Waals surface area (Å²) >= 11 is 1.57. The molecule has 3 N–H and O–H groups in total. The second kappa shape index (κ2) is 6.49. The van der Waals surface area contributed by atoms with E-state index in [4.69, 9.17) is 5.73 Å². The van der Waals surface area contributed by atoms with Gasteiger partial charge >= 0.3 is 0 Å². The largest absolute Gasteiger partial charge is 0.326 e. The third kappa shape index (κ3) is 3.27. The first kappa shape index (κ1) is 15.2. The molecule has 1 heterocycles. The van der Waals surface area contributed by atoms with Crippen LogP contribution < -0.4 is 10.5 Å². The van der Waals surface area contributed by atoms with Gasteiger partial charge in [0, 0.05) is 18.0 Å². The molecule has 0 amide bonds. The van der Waals surface area contributed by atoms with Crippen molar-refractivity contribution in [3.63, 3.8) is 0 Å². The first-order chi connectivity index (χ1) is 9.58. The molecule has 108 valence electrons. The molecular weight excluding hydrogens is 292 g/mol. The first-order valence-electron chi connectivity index (χ1n) is 6.41. The summed E-state index contributed by atoms with van der Waals surface area (Å²) in [6.07, 6.45) is 0.903. The summed E-state index contributed by atoms with van der Waals surface area (Å²) in [7, 11) is -3.53. The van der Waals surface area contributed by atoms with Crippen molar-refractivity contribution in [2.24, 2.45) is 5.73 Å². The van der Waals surface area contributed by atoms with Crippen LogP contribution in [0, 0.1) is 0 Å². The average molecular weight is 310 g/mol. The SMILES string of the molecule is CCc1ccsc1CNS(=O)(=O)c1ccccc1CN. The molecule has 6 heteroatoms. The van der Waals surface area contributed by atoms with Crippen LogP contribution in [-0.4, -0.2) is 8.42 Å². The van der Waals surface area contributed by atoms with Crippen molar-refractivity contribution >= 4 is 21.4 Å². The molecule has 0 saturated carbocycles. The van der Waals surface area contributed by atoms with Crippen molar-refractivity contribution < 1.29 is 8.42 Å². The monoisotopic (exact) mass is 310 g/mol. The Morgan fingerprint density at radius 2 is 1.95 bits per heavy atom. The molecule has 4 nitrogen and oxygen atoms in total. The Morgan fingerprint density at radius 1 is 1.20 bits per heavy atom. The summed E-state index contributed by atoms with van der Waals surface area (Å²) in [6.45, 7) is 2.59. The lowest BCUT2D eigenvalue weighted by Gasteiger charge is -2.10. The minimum Gasteiger partial charge on any atom is -0.326 e. The molecule has 0 spiro atoms. The lowest BCUT2D eigenvalue weighted by atomic mass is 10.2. The van der Waals surface area contributed by atoms with Crippen LogP contribution >= 0.6 is 11.3 Å². The Balaban J connectivity index is 2.19. The van der Waals surface area contributed by atoms with Gasteiger partial charge in [0.05, 0.1) is 4.90 Å². The highest BCUT2D eigenvalue weighted by atomic mass is 32.2. The maximum Gasteiger partial charge on any atom is 0.241 e. The van der Waals surface area contributed by atoms with E-state index >= 15 is 0 Å². The molecule has 0 fully saturated rings. The minimum absolute atomic E-state index is 0.205. The number of hydrogen-bond donors (Lipinski definition) is 2. The van der Waals surface area contributed by atoms with E-state index in [0.29, 0.717) is 12.1 Å². The van der Waals surface area contributed by atoms with Crippen molar-refractivity contribution in [3.05, 3.63) is 51.7 Å². The smallest absolute Gasteiger partial charge is 0.241 e. The van der Waals surface area contributed by atoms with Crippen molar-refractivity contribution in [2.75, 3.05) is 0 Å². The van der Waals surface area contributed by atoms with Gasteiger partial charge in [0.2, 0.25) is 10.0 Å². The van der Waals surface area contributed by atoms with Crippen LogP contribution in [0.25, 0.3) is 0 Å². The predicted octanol–water partition coefficient (Wildman–Crippen LogP) is 2.25. The van der Waals surface area contributed by atoms with E-state index in [1.807, 2.05) is 11.4 Å². The topological polar surface area (TPSA) is 72.2 Å². The second-order valence-electron chi connectivity index (χ2n) is 4.36. The van der Waals surface area contributed by atoms with Gasteiger partial charge < -0.3 is 5.73 Å². The molecule has 1 aromatic carbocycles. The molecule has 0 atom stereocenters. The zero-order valence-electron chi connectivity index (χ0n) is 11.3. The first-order valence-corrected chi connectivity index (χ1v) is 8.77. The fourth-order valence-corrected chi connectivity index (χ4v) is 4.26. The van der Waals surface area contributed by atoms with Crippen LogP contribution in [0.5, 0.6) is 0 Å².